The molecule has 0 bridgehead atoms. The number of carbonyl (C=O) groups is 3. The number of allylic oxidation sites excluding steroid dienone is 1. The average molecular weight is 389 g/mol. The second kappa shape index (κ2) is 6.70. The monoisotopic (exact) mass is 388 g/mol. The van der Waals surface area contributed by atoms with E-state index in [4.69, 9.17) is 9.47 Å². The molecule has 0 spiro atoms. The Labute approximate surface area is 167 Å². The molecule has 4 rings (SSSR count). The van der Waals surface area contributed by atoms with Crippen LogP contribution in [0.4, 0.5) is 0 Å². The van der Waals surface area contributed by atoms with Crippen molar-refractivity contribution in [2.75, 3.05) is 0 Å². The summed E-state index contributed by atoms with van der Waals surface area (Å²) in [5.74, 6) is 0.419. The van der Waals surface area contributed by atoms with Gasteiger partial charge in [0.2, 0.25) is 0 Å². The lowest BCUT2D eigenvalue weighted by atomic mass is 9.47. The summed E-state index contributed by atoms with van der Waals surface area (Å²) in [6.45, 7) is 7.46. The van der Waals surface area contributed by atoms with Crippen molar-refractivity contribution in [3.05, 3.63) is 11.6 Å². The minimum Gasteiger partial charge on any atom is -0.462 e. The molecule has 0 aromatic heterocycles. The van der Waals surface area contributed by atoms with Gasteiger partial charge in [-0.3, -0.25) is 14.4 Å². The second-order valence-electron chi connectivity index (χ2n) is 9.92. The highest BCUT2D eigenvalue weighted by Crippen LogP contribution is 2.64. The van der Waals surface area contributed by atoms with Crippen LogP contribution in [0.5, 0.6) is 0 Å². The molecule has 3 saturated carbocycles. The number of hydrogen-bond acceptors (Lipinski definition) is 5. The van der Waals surface area contributed by atoms with Crippen molar-refractivity contribution < 1.29 is 23.9 Å². The van der Waals surface area contributed by atoms with Crippen molar-refractivity contribution in [3.63, 3.8) is 0 Å². The third kappa shape index (κ3) is 2.93. The van der Waals surface area contributed by atoms with Gasteiger partial charge in [0.15, 0.2) is 5.78 Å². The van der Waals surface area contributed by atoms with E-state index in [1.54, 1.807) is 0 Å². The van der Waals surface area contributed by atoms with Crippen molar-refractivity contribution in [2.45, 2.75) is 84.8 Å². The molecule has 0 radical (unpaired) electrons. The molecule has 4 aliphatic rings. The predicted molar refractivity (Wildman–Crippen MR) is 103 cm³/mol. The number of hydrogen-bond donors (Lipinski definition) is 0. The Morgan fingerprint density at radius 1 is 0.964 bits per heavy atom. The first-order chi connectivity index (χ1) is 13.1. The first-order valence-corrected chi connectivity index (χ1v) is 10.7. The zero-order valence-electron chi connectivity index (χ0n) is 17.5. The van der Waals surface area contributed by atoms with Gasteiger partial charge in [0.05, 0.1) is 0 Å². The van der Waals surface area contributed by atoms with Gasteiger partial charge in [-0.15, -0.1) is 0 Å². The van der Waals surface area contributed by atoms with Crippen LogP contribution in [0.2, 0.25) is 0 Å². The third-order valence-corrected chi connectivity index (χ3v) is 8.45. The molecule has 0 aliphatic heterocycles. The fraction of sp³-hybridized carbons (Fsp3) is 0.783. The lowest BCUT2D eigenvalue weighted by Crippen LogP contribution is -2.54. The summed E-state index contributed by atoms with van der Waals surface area (Å²) in [7, 11) is 0. The maximum Gasteiger partial charge on any atom is 0.302 e. The van der Waals surface area contributed by atoms with Crippen LogP contribution in [-0.4, -0.2) is 29.9 Å². The molecular weight excluding hydrogens is 356 g/mol. The van der Waals surface area contributed by atoms with Gasteiger partial charge in [0.25, 0.3) is 0 Å². The Bertz CT molecular complexity index is 739. The maximum absolute atomic E-state index is 13.3. The third-order valence-electron chi connectivity index (χ3n) is 8.45. The molecule has 0 N–H and O–H groups in total. The van der Waals surface area contributed by atoms with E-state index in [0.29, 0.717) is 12.3 Å². The standard InChI is InChI=1S/C23H32O5/c1-13(24)27-16-7-9-22(3)15(11-16)12-19(26)21-17-5-6-20(28-14(2)25)23(17,4)10-8-18(21)22/h12,16-18,20-21H,5-11H2,1-4H3/t16-,17+,18+,20+,21+,22+,23+/m1/s1. The Morgan fingerprint density at radius 3 is 2.36 bits per heavy atom. The molecule has 3 fully saturated rings. The SMILES string of the molecule is CC(=O)O[C@@H]1CC[C@@]2(C)C(=CC(=O)[C@H]3[C@@H]4CC[C@H](OC(C)=O)[C@@]4(C)CC[C@@H]32)C1. The summed E-state index contributed by atoms with van der Waals surface area (Å²) in [5, 5.41) is 0. The van der Waals surface area contributed by atoms with Crippen LogP contribution in [0.15, 0.2) is 11.6 Å². The Hall–Kier alpha value is -1.65. The molecule has 0 unspecified atom stereocenters. The zero-order chi connectivity index (χ0) is 20.3. The Kier molecular flexibility index (Phi) is 4.71. The summed E-state index contributed by atoms with van der Waals surface area (Å²) in [5.41, 5.74) is 1.09. The quantitative estimate of drug-likeness (QED) is 0.669. The number of fused-ring (bicyclic) bond motifs is 5. The highest BCUT2D eigenvalue weighted by Gasteiger charge is 2.61. The van der Waals surface area contributed by atoms with Gasteiger partial charge >= 0.3 is 11.9 Å². The normalized spacial score (nSPS) is 44.6. The average Bonchev–Trinajstić information content (AvgIpc) is 2.92. The molecule has 0 aromatic carbocycles. The lowest BCUT2D eigenvalue weighted by molar-refractivity contribution is -0.158. The molecule has 154 valence electrons. The van der Waals surface area contributed by atoms with Crippen LogP contribution in [0.1, 0.15) is 72.6 Å². The fourth-order valence-electron chi connectivity index (χ4n) is 7.05. The fourth-order valence-corrected chi connectivity index (χ4v) is 7.05. The van der Waals surface area contributed by atoms with E-state index >= 15 is 0 Å². The minimum atomic E-state index is -0.245. The first kappa shape index (κ1) is 19.7. The van der Waals surface area contributed by atoms with Gasteiger partial charge < -0.3 is 9.47 Å². The lowest BCUT2D eigenvalue weighted by Gasteiger charge is -2.56. The molecule has 5 heteroatoms. The van der Waals surface area contributed by atoms with Crippen molar-refractivity contribution >= 4 is 17.7 Å². The van der Waals surface area contributed by atoms with Gasteiger partial charge in [-0.05, 0) is 61.9 Å². The molecule has 0 heterocycles. The van der Waals surface area contributed by atoms with Crippen molar-refractivity contribution in [3.8, 4) is 0 Å². The van der Waals surface area contributed by atoms with Crippen LogP contribution < -0.4 is 0 Å². The predicted octanol–water partition coefficient (Wildman–Crippen LogP) is 3.99. The van der Waals surface area contributed by atoms with Crippen LogP contribution in [0.3, 0.4) is 0 Å². The molecule has 0 aromatic rings. The van der Waals surface area contributed by atoms with Gasteiger partial charge in [0.1, 0.15) is 12.2 Å². The second-order valence-corrected chi connectivity index (χ2v) is 9.92. The number of ketones is 1. The van der Waals surface area contributed by atoms with Gasteiger partial charge in [-0.25, -0.2) is 0 Å². The molecular formula is C23H32O5. The van der Waals surface area contributed by atoms with E-state index in [2.05, 4.69) is 13.8 Å². The van der Waals surface area contributed by atoms with Crippen molar-refractivity contribution in [1.82, 2.24) is 0 Å². The van der Waals surface area contributed by atoms with Gasteiger partial charge in [0, 0.05) is 31.6 Å². The van der Waals surface area contributed by atoms with E-state index in [9.17, 15) is 14.4 Å². The molecule has 5 nitrogen and oxygen atoms in total. The number of esters is 2. The Morgan fingerprint density at radius 2 is 1.68 bits per heavy atom. The van der Waals surface area contributed by atoms with Crippen LogP contribution in [0.25, 0.3) is 0 Å². The van der Waals surface area contributed by atoms with E-state index in [-0.39, 0.29) is 52.6 Å². The highest BCUT2D eigenvalue weighted by molar-refractivity contribution is 5.94. The summed E-state index contributed by atoms with van der Waals surface area (Å²) in [6, 6.07) is 0. The maximum atomic E-state index is 13.3. The molecule has 28 heavy (non-hydrogen) atoms. The number of ether oxygens (including phenoxy) is 2. The number of carbonyl (C=O) groups excluding carboxylic acids is 3. The summed E-state index contributed by atoms with van der Waals surface area (Å²) >= 11 is 0. The minimum absolute atomic E-state index is 0.01000. The van der Waals surface area contributed by atoms with Crippen LogP contribution in [-0.2, 0) is 23.9 Å². The number of rotatable bonds is 2. The van der Waals surface area contributed by atoms with Gasteiger partial charge in [-0.2, -0.15) is 0 Å². The summed E-state index contributed by atoms with van der Waals surface area (Å²) in [4.78, 5) is 36.2. The molecule has 7 atom stereocenters. The van der Waals surface area contributed by atoms with Crippen molar-refractivity contribution in [2.24, 2.45) is 28.6 Å². The van der Waals surface area contributed by atoms with E-state index < -0.39 is 0 Å². The highest BCUT2D eigenvalue weighted by atomic mass is 16.5. The van der Waals surface area contributed by atoms with E-state index in [0.717, 1.165) is 38.5 Å². The largest absolute Gasteiger partial charge is 0.462 e. The summed E-state index contributed by atoms with van der Waals surface area (Å²) in [6.07, 6.45) is 8.02. The van der Waals surface area contributed by atoms with Crippen molar-refractivity contribution in [1.29, 1.82) is 0 Å². The van der Waals surface area contributed by atoms with E-state index in [1.807, 2.05) is 6.08 Å². The topological polar surface area (TPSA) is 69.7 Å². The summed E-state index contributed by atoms with van der Waals surface area (Å²) < 4.78 is 11.1. The molecule has 0 saturated heterocycles. The van der Waals surface area contributed by atoms with E-state index in [1.165, 1.54) is 19.4 Å². The zero-order valence-corrected chi connectivity index (χ0v) is 17.5. The molecule has 4 aliphatic carbocycles. The van der Waals surface area contributed by atoms with Gasteiger partial charge in [-0.1, -0.05) is 19.4 Å². The van der Waals surface area contributed by atoms with Crippen LogP contribution >= 0.6 is 0 Å². The first-order valence-electron chi connectivity index (χ1n) is 10.7. The van der Waals surface area contributed by atoms with Crippen LogP contribution in [0, 0.1) is 28.6 Å². The Balaban J connectivity index is 1.62. The smallest absolute Gasteiger partial charge is 0.302 e. The molecule has 0 amide bonds.